The van der Waals surface area contributed by atoms with Crippen LogP contribution in [0.1, 0.15) is 290 Å². The predicted molar refractivity (Wildman–Crippen MR) is 252 cm³/mol. The molecule has 0 aromatic carbocycles. The number of carbonyl (C=O) groups excluding carboxylic acids is 3. The van der Waals surface area contributed by atoms with Gasteiger partial charge >= 0.3 is 17.9 Å². The molecule has 59 heavy (non-hydrogen) atoms. The predicted octanol–water partition coefficient (Wildman–Crippen LogP) is 17.0. The molecule has 0 spiro atoms. The smallest absolute Gasteiger partial charge is 0.306 e. The number of esters is 3. The molecule has 0 saturated heterocycles. The van der Waals surface area contributed by atoms with E-state index in [-0.39, 0.29) is 31.1 Å². The van der Waals surface area contributed by atoms with Crippen molar-refractivity contribution in [2.45, 2.75) is 297 Å². The van der Waals surface area contributed by atoms with E-state index in [0.29, 0.717) is 19.3 Å². The molecule has 6 heteroatoms. The number of hydrogen-bond donors (Lipinski definition) is 0. The van der Waals surface area contributed by atoms with Crippen molar-refractivity contribution >= 4 is 17.9 Å². The summed E-state index contributed by atoms with van der Waals surface area (Å²) in [5.41, 5.74) is 0. The van der Waals surface area contributed by atoms with E-state index in [9.17, 15) is 14.4 Å². The molecule has 0 saturated carbocycles. The second-order valence-electron chi connectivity index (χ2n) is 17.8. The van der Waals surface area contributed by atoms with E-state index < -0.39 is 6.10 Å². The van der Waals surface area contributed by atoms with Crippen LogP contribution in [0.5, 0.6) is 0 Å². The molecule has 0 heterocycles. The first-order valence-corrected chi connectivity index (χ1v) is 26.2. The van der Waals surface area contributed by atoms with Gasteiger partial charge in [-0.25, -0.2) is 0 Å². The highest BCUT2D eigenvalue weighted by molar-refractivity contribution is 5.71. The number of allylic oxidation sites excluding steroid dienone is 2. The second kappa shape index (κ2) is 48.8. The van der Waals surface area contributed by atoms with Crippen molar-refractivity contribution < 1.29 is 28.6 Å². The van der Waals surface area contributed by atoms with E-state index in [1.807, 2.05) is 0 Å². The zero-order valence-electron chi connectivity index (χ0n) is 39.8. The Bertz CT molecular complexity index is 916. The van der Waals surface area contributed by atoms with Crippen LogP contribution < -0.4 is 0 Å². The first-order valence-electron chi connectivity index (χ1n) is 26.2. The number of carbonyl (C=O) groups is 3. The highest BCUT2D eigenvalue weighted by atomic mass is 16.6. The summed E-state index contributed by atoms with van der Waals surface area (Å²) >= 11 is 0. The Morgan fingerprint density at radius 1 is 0.322 bits per heavy atom. The number of rotatable bonds is 48. The Kier molecular flexibility index (Phi) is 47.3. The van der Waals surface area contributed by atoms with E-state index in [4.69, 9.17) is 14.2 Å². The Morgan fingerprint density at radius 2 is 0.576 bits per heavy atom. The van der Waals surface area contributed by atoms with Crippen molar-refractivity contribution in [3.63, 3.8) is 0 Å². The Morgan fingerprint density at radius 3 is 0.898 bits per heavy atom. The van der Waals surface area contributed by atoms with Gasteiger partial charge in [0.2, 0.25) is 0 Å². The van der Waals surface area contributed by atoms with Crippen LogP contribution in [-0.4, -0.2) is 37.2 Å². The molecule has 0 unspecified atom stereocenters. The molecule has 0 aromatic heterocycles. The molecule has 0 aliphatic rings. The molecule has 0 aliphatic carbocycles. The van der Waals surface area contributed by atoms with Gasteiger partial charge in [-0.3, -0.25) is 14.4 Å². The molecule has 0 bridgehead atoms. The van der Waals surface area contributed by atoms with Crippen LogP contribution in [0.3, 0.4) is 0 Å². The zero-order valence-corrected chi connectivity index (χ0v) is 39.8. The molecule has 0 aliphatic heterocycles. The fourth-order valence-electron chi connectivity index (χ4n) is 7.78. The Balaban J connectivity index is 4.26. The minimum atomic E-state index is -0.765. The van der Waals surface area contributed by atoms with E-state index in [1.54, 1.807) is 0 Å². The fourth-order valence-corrected chi connectivity index (χ4v) is 7.78. The van der Waals surface area contributed by atoms with Gasteiger partial charge in [-0.1, -0.05) is 245 Å². The summed E-state index contributed by atoms with van der Waals surface area (Å²) in [6.07, 6.45) is 53.4. The van der Waals surface area contributed by atoms with Gasteiger partial charge in [0.1, 0.15) is 13.2 Å². The molecule has 0 fully saturated rings. The van der Waals surface area contributed by atoms with Crippen molar-refractivity contribution in [1.29, 1.82) is 0 Å². The maximum atomic E-state index is 12.8. The maximum absolute atomic E-state index is 12.8. The van der Waals surface area contributed by atoms with Crippen LogP contribution in [0.25, 0.3) is 0 Å². The van der Waals surface area contributed by atoms with Crippen LogP contribution >= 0.6 is 0 Å². The average molecular weight is 833 g/mol. The maximum Gasteiger partial charge on any atom is 0.306 e. The van der Waals surface area contributed by atoms with E-state index >= 15 is 0 Å². The van der Waals surface area contributed by atoms with E-state index in [1.165, 1.54) is 186 Å². The summed E-state index contributed by atoms with van der Waals surface area (Å²) in [4.78, 5) is 37.9. The fraction of sp³-hybridized carbons (Fsp3) is 0.906. The average Bonchev–Trinajstić information content (AvgIpc) is 3.23. The normalized spacial score (nSPS) is 12.0. The molecule has 0 radical (unpaired) electrons. The SMILES string of the molecule is CCCC/C=C\CCCCCCCC(=O)OC[C@H](COC(=O)CCCCCCCCCCCCCCCCCCCC)OC(=O)CCCCCCCCCCCCCC. The minimum Gasteiger partial charge on any atom is -0.462 e. The van der Waals surface area contributed by atoms with Gasteiger partial charge in [-0.2, -0.15) is 0 Å². The van der Waals surface area contributed by atoms with Crippen molar-refractivity contribution in [3.8, 4) is 0 Å². The van der Waals surface area contributed by atoms with Crippen molar-refractivity contribution in [2.24, 2.45) is 0 Å². The molecule has 1 atom stereocenters. The first kappa shape index (κ1) is 57.1. The Labute approximate surface area is 367 Å². The van der Waals surface area contributed by atoms with Gasteiger partial charge < -0.3 is 14.2 Å². The van der Waals surface area contributed by atoms with Crippen molar-refractivity contribution in [1.82, 2.24) is 0 Å². The number of unbranched alkanes of at least 4 members (excludes halogenated alkanes) is 35. The van der Waals surface area contributed by atoms with Gasteiger partial charge in [0, 0.05) is 19.3 Å². The lowest BCUT2D eigenvalue weighted by molar-refractivity contribution is -0.167. The molecule has 0 rings (SSSR count). The molecule has 0 amide bonds. The van der Waals surface area contributed by atoms with Gasteiger partial charge in [0.25, 0.3) is 0 Å². The van der Waals surface area contributed by atoms with Crippen molar-refractivity contribution in [2.75, 3.05) is 13.2 Å². The van der Waals surface area contributed by atoms with E-state index in [0.717, 1.165) is 64.2 Å². The lowest BCUT2D eigenvalue weighted by atomic mass is 10.0. The summed E-state index contributed by atoms with van der Waals surface area (Å²) in [6.45, 7) is 6.63. The molecular formula is C53H100O6. The van der Waals surface area contributed by atoms with Crippen LogP contribution in [0.4, 0.5) is 0 Å². The van der Waals surface area contributed by atoms with Gasteiger partial charge in [0.15, 0.2) is 6.10 Å². The highest BCUT2D eigenvalue weighted by Gasteiger charge is 2.19. The standard InChI is InChI=1S/C53H100O6/c1-4-7-10-13-16-19-22-24-25-26-27-28-29-32-34-37-40-43-46-52(55)58-49-50(48-57-51(54)45-42-39-36-33-30-21-18-15-12-9-6-3)59-53(56)47-44-41-38-35-31-23-20-17-14-11-8-5-2/h15,18,50H,4-14,16-17,19-49H2,1-3H3/b18-15-/t50-/m1/s1. The highest BCUT2D eigenvalue weighted by Crippen LogP contribution is 2.16. The zero-order chi connectivity index (χ0) is 43.0. The van der Waals surface area contributed by atoms with Gasteiger partial charge in [-0.05, 0) is 38.5 Å². The lowest BCUT2D eigenvalue weighted by Gasteiger charge is -2.18. The molecule has 0 N–H and O–H groups in total. The summed E-state index contributed by atoms with van der Waals surface area (Å²) in [7, 11) is 0. The monoisotopic (exact) mass is 833 g/mol. The van der Waals surface area contributed by atoms with Crippen LogP contribution in [-0.2, 0) is 28.6 Å². The topological polar surface area (TPSA) is 78.9 Å². The minimum absolute atomic E-state index is 0.0672. The third-order valence-electron chi connectivity index (χ3n) is 11.8. The third kappa shape index (κ3) is 47.1. The Hall–Kier alpha value is -1.85. The summed E-state index contributed by atoms with van der Waals surface area (Å²) in [5.74, 6) is -0.861. The molecule has 0 aromatic rings. The second-order valence-corrected chi connectivity index (χ2v) is 17.8. The van der Waals surface area contributed by atoms with Crippen LogP contribution in [0, 0.1) is 0 Å². The lowest BCUT2D eigenvalue weighted by Crippen LogP contribution is -2.30. The van der Waals surface area contributed by atoms with Gasteiger partial charge in [-0.15, -0.1) is 0 Å². The van der Waals surface area contributed by atoms with Crippen LogP contribution in [0.15, 0.2) is 12.2 Å². The molecular weight excluding hydrogens is 733 g/mol. The summed E-state index contributed by atoms with van der Waals surface area (Å²) in [5, 5.41) is 0. The molecule has 348 valence electrons. The molecule has 6 nitrogen and oxygen atoms in total. The number of ether oxygens (including phenoxy) is 3. The summed E-state index contributed by atoms with van der Waals surface area (Å²) < 4.78 is 16.8. The first-order chi connectivity index (χ1) is 29.0. The number of hydrogen-bond acceptors (Lipinski definition) is 6. The van der Waals surface area contributed by atoms with Gasteiger partial charge in [0.05, 0.1) is 0 Å². The largest absolute Gasteiger partial charge is 0.462 e. The summed E-state index contributed by atoms with van der Waals surface area (Å²) in [6, 6.07) is 0. The van der Waals surface area contributed by atoms with E-state index in [2.05, 4.69) is 32.9 Å². The third-order valence-corrected chi connectivity index (χ3v) is 11.8. The quantitative estimate of drug-likeness (QED) is 0.0263. The van der Waals surface area contributed by atoms with Crippen LogP contribution in [0.2, 0.25) is 0 Å². The van der Waals surface area contributed by atoms with Crippen molar-refractivity contribution in [3.05, 3.63) is 12.2 Å².